The molecule has 4 heteroatoms. The van der Waals surface area contributed by atoms with E-state index in [1.165, 1.54) is 11.8 Å². The highest BCUT2D eigenvalue weighted by atomic mass is 79.9. The maximum Gasteiger partial charge on any atom is 0.137 e. The third-order valence-corrected chi connectivity index (χ3v) is 4.04. The van der Waals surface area contributed by atoms with E-state index in [0.717, 1.165) is 18.7 Å². The highest BCUT2D eigenvalue weighted by molar-refractivity contribution is 9.10. The van der Waals surface area contributed by atoms with Gasteiger partial charge in [0.15, 0.2) is 0 Å². The molecule has 0 aliphatic heterocycles. The van der Waals surface area contributed by atoms with Crippen LogP contribution in [0.4, 0.5) is 4.39 Å². The van der Waals surface area contributed by atoms with Gasteiger partial charge in [-0.05, 0) is 52.2 Å². The third-order valence-electron chi connectivity index (χ3n) is 3.15. The predicted octanol–water partition coefficient (Wildman–Crippen LogP) is 4.18. The Morgan fingerprint density at radius 1 is 1.25 bits per heavy atom. The van der Waals surface area contributed by atoms with Gasteiger partial charge < -0.3 is 9.88 Å². The molecule has 108 valence electrons. The van der Waals surface area contributed by atoms with E-state index in [4.69, 9.17) is 0 Å². The number of hydrogen-bond acceptors (Lipinski definition) is 1. The summed E-state index contributed by atoms with van der Waals surface area (Å²) in [4.78, 5) is 0. The Morgan fingerprint density at radius 3 is 2.80 bits per heavy atom. The molecule has 0 spiro atoms. The minimum absolute atomic E-state index is 0.214. The van der Waals surface area contributed by atoms with Gasteiger partial charge in [0, 0.05) is 25.0 Å². The lowest BCUT2D eigenvalue weighted by molar-refractivity contribution is 0.538. The average molecular weight is 339 g/mol. The lowest BCUT2D eigenvalue weighted by atomic mass is 10.2. The van der Waals surface area contributed by atoms with Crippen molar-refractivity contribution in [3.8, 4) is 0 Å². The Balaban J connectivity index is 2.06. The first-order valence-electron chi connectivity index (χ1n) is 6.85. The summed E-state index contributed by atoms with van der Waals surface area (Å²) in [5, 5.41) is 3.43. The Bertz CT molecular complexity index is 563. The zero-order chi connectivity index (χ0) is 14.5. The Labute approximate surface area is 128 Å². The first kappa shape index (κ1) is 15.3. The smallest absolute Gasteiger partial charge is 0.137 e. The number of rotatable bonds is 6. The van der Waals surface area contributed by atoms with Crippen LogP contribution in [-0.2, 0) is 13.1 Å². The fraction of sp³-hybridized carbons (Fsp3) is 0.375. The van der Waals surface area contributed by atoms with E-state index in [2.05, 4.69) is 45.7 Å². The lowest BCUT2D eigenvalue weighted by Crippen LogP contribution is -2.21. The zero-order valence-corrected chi connectivity index (χ0v) is 13.5. The van der Waals surface area contributed by atoms with Crippen molar-refractivity contribution in [2.75, 3.05) is 6.54 Å². The van der Waals surface area contributed by atoms with Crippen molar-refractivity contribution in [2.45, 2.75) is 26.9 Å². The van der Waals surface area contributed by atoms with Crippen molar-refractivity contribution < 1.29 is 4.39 Å². The molecule has 0 atom stereocenters. The van der Waals surface area contributed by atoms with Gasteiger partial charge >= 0.3 is 0 Å². The molecule has 0 aliphatic carbocycles. The summed E-state index contributed by atoms with van der Waals surface area (Å²) >= 11 is 3.32. The van der Waals surface area contributed by atoms with Crippen molar-refractivity contribution in [2.24, 2.45) is 5.92 Å². The van der Waals surface area contributed by atoms with Crippen LogP contribution in [0.25, 0.3) is 0 Å². The van der Waals surface area contributed by atoms with Crippen LogP contribution >= 0.6 is 15.9 Å². The van der Waals surface area contributed by atoms with E-state index in [0.29, 0.717) is 16.9 Å². The maximum atomic E-state index is 13.5. The second-order valence-electron chi connectivity index (χ2n) is 5.37. The molecule has 0 aliphatic rings. The van der Waals surface area contributed by atoms with Gasteiger partial charge in [-0.15, -0.1) is 0 Å². The Morgan fingerprint density at radius 2 is 2.05 bits per heavy atom. The molecule has 1 heterocycles. The quantitative estimate of drug-likeness (QED) is 0.835. The molecule has 20 heavy (non-hydrogen) atoms. The van der Waals surface area contributed by atoms with Gasteiger partial charge in [0.1, 0.15) is 5.82 Å². The fourth-order valence-corrected chi connectivity index (χ4v) is 2.50. The molecular formula is C16H20BrFN2. The van der Waals surface area contributed by atoms with Crippen molar-refractivity contribution in [1.29, 1.82) is 0 Å². The van der Waals surface area contributed by atoms with E-state index in [-0.39, 0.29) is 5.82 Å². The number of benzene rings is 1. The molecule has 1 aromatic carbocycles. The van der Waals surface area contributed by atoms with Crippen LogP contribution in [0.5, 0.6) is 0 Å². The van der Waals surface area contributed by atoms with Crippen LogP contribution < -0.4 is 5.32 Å². The Hall–Kier alpha value is -1.13. The van der Waals surface area contributed by atoms with E-state index in [1.54, 1.807) is 6.07 Å². The van der Waals surface area contributed by atoms with Crippen LogP contribution in [0.1, 0.15) is 25.1 Å². The molecule has 0 saturated heterocycles. The molecule has 1 aromatic heterocycles. The highest BCUT2D eigenvalue weighted by Crippen LogP contribution is 2.21. The predicted molar refractivity (Wildman–Crippen MR) is 84.2 cm³/mol. The van der Waals surface area contributed by atoms with Gasteiger partial charge in [0.2, 0.25) is 0 Å². The van der Waals surface area contributed by atoms with E-state index in [1.807, 2.05) is 18.3 Å². The molecular weight excluding hydrogens is 319 g/mol. The summed E-state index contributed by atoms with van der Waals surface area (Å²) in [7, 11) is 0. The molecule has 0 radical (unpaired) electrons. The molecule has 0 fully saturated rings. The van der Waals surface area contributed by atoms with Gasteiger partial charge in [-0.25, -0.2) is 4.39 Å². The number of halogens is 2. The van der Waals surface area contributed by atoms with E-state index < -0.39 is 0 Å². The van der Waals surface area contributed by atoms with Gasteiger partial charge in [-0.1, -0.05) is 26.0 Å². The molecule has 0 saturated carbocycles. The van der Waals surface area contributed by atoms with Crippen molar-refractivity contribution >= 4 is 15.9 Å². The lowest BCUT2D eigenvalue weighted by Gasteiger charge is -2.13. The van der Waals surface area contributed by atoms with E-state index in [9.17, 15) is 4.39 Å². The fourth-order valence-electron chi connectivity index (χ4n) is 2.11. The molecule has 2 nitrogen and oxygen atoms in total. The number of aromatic nitrogens is 1. The summed E-state index contributed by atoms with van der Waals surface area (Å²) in [6.07, 6.45) is 2.03. The van der Waals surface area contributed by atoms with Crippen LogP contribution in [0, 0.1) is 11.7 Å². The topological polar surface area (TPSA) is 17.0 Å². The summed E-state index contributed by atoms with van der Waals surface area (Å²) in [5.74, 6) is 0.421. The van der Waals surface area contributed by atoms with Gasteiger partial charge in [-0.3, -0.25) is 0 Å². The molecule has 2 aromatic rings. The van der Waals surface area contributed by atoms with Gasteiger partial charge in [0.25, 0.3) is 0 Å². The largest absolute Gasteiger partial charge is 0.346 e. The molecule has 2 rings (SSSR count). The molecule has 1 N–H and O–H groups in total. The Kier molecular flexibility index (Phi) is 5.38. The minimum atomic E-state index is -0.214. The van der Waals surface area contributed by atoms with Crippen molar-refractivity contribution in [3.05, 3.63) is 58.1 Å². The normalized spacial score (nSPS) is 11.2. The summed E-state index contributed by atoms with van der Waals surface area (Å²) in [6.45, 7) is 6.88. The van der Waals surface area contributed by atoms with E-state index >= 15 is 0 Å². The van der Waals surface area contributed by atoms with Gasteiger partial charge in [-0.2, -0.15) is 0 Å². The van der Waals surface area contributed by atoms with Crippen LogP contribution in [0.15, 0.2) is 41.0 Å². The van der Waals surface area contributed by atoms with Crippen molar-refractivity contribution in [1.82, 2.24) is 9.88 Å². The summed E-state index contributed by atoms with van der Waals surface area (Å²) < 4.78 is 16.2. The first-order valence-corrected chi connectivity index (χ1v) is 7.65. The number of nitrogens with one attached hydrogen (secondary N) is 1. The van der Waals surface area contributed by atoms with Crippen LogP contribution in [0.2, 0.25) is 0 Å². The standard InChI is InChI=1S/C16H20BrFN2/c1-12(2)9-19-10-14-6-4-8-20(14)11-13-5-3-7-15(18)16(13)17/h3-8,12,19H,9-11H2,1-2H3. The molecule has 0 bridgehead atoms. The summed E-state index contributed by atoms with van der Waals surface area (Å²) in [5.41, 5.74) is 2.16. The molecule has 0 unspecified atom stereocenters. The van der Waals surface area contributed by atoms with Crippen LogP contribution in [-0.4, -0.2) is 11.1 Å². The monoisotopic (exact) mass is 338 g/mol. The SMILES string of the molecule is CC(C)CNCc1cccn1Cc1cccc(F)c1Br. The first-order chi connectivity index (χ1) is 9.58. The van der Waals surface area contributed by atoms with Crippen molar-refractivity contribution in [3.63, 3.8) is 0 Å². The minimum Gasteiger partial charge on any atom is -0.346 e. The van der Waals surface area contributed by atoms with Crippen LogP contribution in [0.3, 0.4) is 0 Å². The average Bonchev–Trinajstić information content (AvgIpc) is 2.82. The highest BCUT2D eigenvalue weighted by Gasteiger charge is 2.07. The molecule has 0 amide bonds. The third kappa shape index (κ3) is 3.93. The second kappa shape index (κ2) is 7.04. The van der Waals surface area contributed by atoms with Gasteiger partial charge in [0.05, 0.1) is 4.47 Å². The number of nitrogens with zero attached hydrogens (tertiary/aromatic N) is 1. The second-order valence-corrected chi connectivity index (χ2v) is 6.16. The zero-order valence-electron chi connectivity index (χ0n) is 11.9. The maximum absolute atomic E-state index is 13.5. The number of hydrogen-bond donors (Lipinski definition) is 1. The summed E-state index contributed by atoms with van der Waals surface area (Å²) in [6, 6.07) is 9.28.